The van der Waals surface area contributed by atoms with Gasteiger partial charge in [0.2, 0.25) is 0 Å². The monoisotopic (exact) mass is 368 g/mol. The van der Waals surface area contributed by atoms with E-state index in [4.69, 9.17) is 23.7 Å². The van der Waals surface area contributed by atoms with Gasteiger partial charge in [-0.15, -0.1) is 0 Å². The normalized spacial score (nSPS) is 52.6. The number of aliphatic hydroxyl groups excluding tert-OH is 1. The van der Waals surface area contributed by atoms with Crippen LogP contribution in [0.1, 0.15) is 64.7 Å². The molecular weight excluding hydrogens is 336 g/mol. The Morgan fingerprint density at radius 3 is 1.96 bits per heavy atom. The number of hydrogen-bond donors (Lipinski definition) is 1. The fraction of sp³-hybridized carbons (Fsp3) is 1.00. The molecule has 5 aliphatic rings. The van der Waals surface area contributed by atoms with Crippen LogP contribution in [0.4, 0.5) is 0 Å². The van der Waals surface area contributed by atoms with E-state index in [2.05, 4.69) is 6.92 Å². The lowest BCUT2D eigenvalue weighted by Gasteiger charge is -2.42. The van der Waals surface area contributed by atoms with E-state index >= 15 is 0 Å². The van der Waals surface area contributed by atoms with Crippen LogP contribution in [0, 0.1) is 11.8 Å². The maximum Gasteiger partial charge on any atom is 0.190 e. The third-order valence-corrected chi connectivity index (χ3v) is 7.03. The van der Waals surface area contributed by atoms with Gasteiger partial charge in [0.25, 0.3) is 0 Å². The summed E-state index contributed by atoms with van der Waals surface area (Å²) in [5.74, 6) is 0.835. The van der Waals surface area contributed by atoms with Crippen LogP contribution in [-0.2, 0) is 23.7 Å². The van der Waals surface area contributed by atoms with Crippen LogP contribution in [0.2, 0.25) is 0 Å². The lowest BCUT2D eigenvalue weighted by atomic mass is 9.87. The molecule has 6 nitrogen and oxygen atoms in total. The van der Waals surface area contributed by atoms with Crippen LogP contribution in [0.15, 0.2) is 0 Å². The molecule has 26 heavy (non-hydrogen) atoms. The molecule has 3 heterocycles. The molecule has 5 rings (SSSR count). The quantitative estimate of drug-likeness (QED) is 0.808. The Morgan fingerprint density at radius 1 is 0.577 bits per heavy atom. The zero-order valence-electron chi connectivity index (χ0n) is 15.6. The predicted octanol–water partition coefficient (Wildman–Crippen LogP) is 2.71. The molecule has 0 aromatic carbocycles. The molecule has 0 aromatic rings. The second kappa shape index (κ2) is 7.30. The van der Waals surface area contributed by atoms with E-state index in [1.165, 1.54) is 32.1 Å². The molecule has 0 spiro atoms. The first-order valence-corrected chi connectivity index (χ1v) is 10.6. The molecule has 3 aliphatic heterocycles. The van der Waals surface area contributed by atoms with E-state index < -0.39 is 0 Å². The Bertz CT molecular complexity index is 487. The van der Waals surface area contributed by atoms with E-state index in [1.54, 1.807) is 0 Å². The minimum Gasteiger partial charge on any atom is -0.393 e. The van der Waals surface area contributed by atoms with Gasteiger partial charge in [-0.2, -0.15) is 0 Å². The molecule has 6 heteroatoms. The lowest BCUT2D eigenvalue weighted by Crippen LogP contribution is -2.52. The first-order chi connectivity index (χ1) is 12.7. The summed E-state index contributed by atoms with van der Waals surface area (Å²) in [5.41, 5.74) is 0. The highest BCUT2D eigenvalue weighted by molar-refractivity contribution is 4.98. The van der Waals surface area contributed by atoms with Crippen LogP contribution in [0.3, 0.4) is 0 Å². The van der Waals surface area contributed by atoms with Gasteiger partial charge in [-0.3, -0.25) is 0 Å². The first kappa shape index (κ1) is 17.8. The number of hydrogen-bond acceptors (Lipinski definition) is 6. The van der Waals surface area contributed by atoms with Crippen molar-refractivity contribution in [3.63, 3.8) is 0 Å². The topological polar surface area (TPSA) is 66.4 Å². The summed E-state index contributed by atoms with van der Waals surface area (Å²) in [6.45, 7) is 2.08. The molecule has 0 amide bonds. The third-order valence-electron chi connectivity index (χ3n) is 7.03. The summed E-state index contributed by atoms with van der Waals surface area (Å²) in [7, 11) is 0. The maximum atomic E-state index is 9.73. The molecule has 0 bridgehead atoms. The Hall–Kier alpha value is -0.240. The summed E-state index contributed by atoms with van der Waals surface area (Å²) < 4.78 is 31.1. The standard InChI is InChI=1S/C20H32O6/c1-11-15-16(24-18(22-11)12-5-3-2-4-6-12)17-20(23-15)26-19(25-17)13-7-9-14(21)10-8-13/h11-21H,2-10H2,1H3. The largest absolute Gasteiger partial charge is 0.393 e. The number of fused-ring (bicyclic) bond motifs is 3. The predicted molar refractivity (Wildman–Crippen MR) is 92.2 cm³/mol. The second-order valence-corrected chi connectivity index (χ2v) is 8.85. The average molecular weight is 368 g/mol. The molecule has 2 aliphatic carbocycles. The average Bonchev–Trinajstić information content (AvgIpc) is 3.22. The minimum atomic E-state index is -0.349. The van der Waals surface area contributed by atoms with Gasteiger partial charge in [0.1, 0.15) is 18.3 Å². The van der Waals surface area contributed by atoms with E-state index in [0.29, 0.717) is 11.8 Å². The lowest BCUT2D eigenvalue weighted by molar-refractivity contribution is -0.311. The summed E-state index contributed by atoms with van der Waals surface area (Å²) in [6, 6.07) is 0. The van der Waals surface area contributed by atoms with Crippen molar-refractivity contribution in [3.8, 4) is 0 Å². The van der Waals surface area contributed by atoms with Gasteiger partial charge in [-0.1, -0.05) is 19.3 Å². The van der Waals surface area contributed by atoms with E-state index in [-0.39, 0.29) is 49.4 Å². The smallest absolute Gasteiger partial charge is 0.190 e. The molecule has 7 unspecified atom stereocenters. The number of aliphatic hydroxyl groups is 1. The van der Waals surface area contributed by atoms with E-state index in [9.17, 15) is 5.11 Å². The summed E-state index contributed by atoms with van der Waals surface area (Å²) >= 11 is 0. The Balaban J connectivity index is 1.24. The van der Waals surface area contributed by atoms with Crippen molar-refractivity contribution in [2.75, 3.05) is 0 Å². The van der Waals surface area contributed by atoms with E-state index in [1.807, 2.05) is 0 Å². The van der Waals surface area contributed by atoms with Gasteiger partial charge in [-0.25, -0.2) is 0 Å². The highest BCUT2D eigenvalue weighted by Crippen LogP contribution is 2.44. The van der Waals surface area contributed by atoms with Gasteiger partial charge in [-0.05, 0) is 45.4 Å². The summed E-state index contributed by atoms with van der Waals surface area (Å²) in [4.78, 5) is 0. The molecular formula is C20H32O6. The highest BCUT2D eigenvalue weighted by Gasteiger charge is 2.58. The van der Waals surface area contributed by atoms with Crippen molar-refractivity contribution in [2.24, 2.45) is 11.8 Å². The summed E-state index contributed by atoms with van der Waals surface area (Å²) in [5, 5.41) is 9.73. The molecule has 1 N–H and O–H groups in total. The second-order valence-electron chi connectivity index (χ2n) is 8.85. The number of rotatable bonds is 2. The zero-order valence-corrected chi connectivity index (χ0v) is 15.6. The fourth-order valence-electron chi connectivity index (χ4n) is 5.45. The van der Waals surface area contributed by atoms with Crippen LogP contribution in [0.25, 0.3) is 0 Å². The van der Waals surface area contributed by atoms with Crippen LogP contribution in [-0.4, -0.2) is 54.5 Å². The molecule has 7 atom stereocenters. The molecule has 2 saturated carbocycles. The van der Waals surface area contributed by atoms with Crippen molar-refractivity contribution >= 4 is 0 Å². The van der Waals surface area contributed by atoms with Crippen LogP contribution >= 0.6 is 0 Å². The van der Waals surface area contributed by atoms with Gasteiger partial charge in [0, 0.05) is 11.8 Å². The molecule has 148 valence electrons. The SMILES string of the molecule is CC1OC(C2CCCCC2)OC2C1OC1OC(C3CCC(O)CC3)OC12. The number of ether oxygens (including phenoxy) is 5. The van der Waals surface area contributed by atoms with Crippen molar-refractivity contribution in [2.45, 2.75) is 114 Å². The molecule has 3 saturated heterocycles. The van der Waals surface area contributed by atoms with Gasteiger partial charge >= 0.3 is 0 Å². The fourth-order valence-corrected chi connectivity index (χ4v) is 5.45. The zero-order chi connectivity index (χ0) is 17.7. The first-order valence-electron chi connectivity index (χ1n) is 10.6. The van der Waals surface area contributed by atoms with Gasteiger partial charge in [0.15, 0.2) is 18.9 Å². The maximum absolute atomic E-state index is 9.73. The Kier molecular flexibility index (Phi) is 5.01. The van der Waals surface area contributed by atoms with E-state index in [0.717, 1.165) is 25.7 Å². The van der Waals surface area contributed by atoms with Crippen LogP contribution < -0.4 is 0 Å². The molecule has 5 fully saturated rings. The molecule has 0 aromatic heterocycles. The van der Waals surface area contributed by atoms with Crippen molar-refractivity contribution in [1.29, 1.82) is 0 Å². The summed E-state index contributed by atoms with van der Waals surface area (Å²) in [6.07, 6.45) is 8.57. The van der Waals surface area contributed by atoms with Gasteiger partial charge in [0.05, 0.1) is 12.2 Å². The molecule has 0 radical (unpaired) electrons. The van der Waals surface area contributed by atoms with Crippen molar-refractivity contribution < 1.29 is 28.8 Å². The minimum absolute atomic E-state index is 0.00162. The van der Waals surface area contributed by atoms with Gasteiger partial charge < -0.3 is 28.8 Å². The van der Waals surface area contributed by atoms with Crippen molar-refractivity contribution in [1.82, 2.24) is 0 Å². The Morgan fingerprint density at radius 2 is 1.19 bits per heavy atom. The third kappa shape index (κ3) is 3.23. The van der Waals surface area contributed by atoms with Crippen LogP contribution in [0.5, 0.6) is 0 Å². The Labute approximate surface area is 155 Å². The highest BCUT2D eigenvalue weighted by atomic mass is 16.8. The van der Waals surface area contributed by atoms with Crippen molar-refractivity contribution in [3.05, 3.63) is 0 Å².